The summed E-state index contributed by atoms with van der Waals surface area (Å²) < 4.78 is 11.7. The van der Waals surface area contributed by atoms with E-state index in [4.69, 9.17) is 15.2 Å². The summed E-state index contributed by atoms with van der Waals surface area (Å²) in [5.41, 5.74) is 6.82. The van der Waals surface area contributed by atoms with Crippen molar-refractivity contribution in [3.8, 4) is 5.75 Å². The van der Waals surface area contributed by atoms with Crippen LogP contribution in [0, 0.1) is 0 Å². The quantitative estimate of drug-likeness (QED) is 0.884. The predicted octanol–water partition coefficient (Wildman–Crippen LogP) is 1.43. The van der Waals surface area contributed by atoms with Gasteiger partial charge in [0.1, 0.15) is 11.9 Å². The first kappa shape index (κ1) is 13.9. The summed E-state index contributed by atoms with van der Waals surface area (Å²) in [5.74, 6) is 1.07. The Hall–Kier alpha value is -1.10. The highest BCUT2D eigenvalue weighted by atomic mass is 16.5. The van der Waals surface area contributed by atoms with Crippen molar-refractivity contribution >= 4 is 0 Å². The summed E-state index contributed by atoms with van der Waals surface area (Å²) in [6.07, 6.45) is 3.98. The molecule has 1 aromatic rings. The van der Waals surface area contributed by atoms with Gasteiger partial charge in [-0.2, -0.15) is 0 Å². The van der Waals surface area contributed by atoms with Crippen LogP contribution in [0.25, 0.3) is 0 Å². The van der Waals surface area contributed by atoms with Crippen LogP contribution in [0.15, 0.2) is 24.3 Å². The summed E-state index contributed by atoms with van der Waals surface area (Å²) in [6.45, 7) is 4.54. The lowest BCUT2D eigenvalue weighted by Crippen LogP contribution is -2.42. The summed E-state index contributed by atoms with van der Waals surface area (Å²) in [6, 6.07) is 8.37. The molecule has 0 radical (unpaired) electrons. The van der Waals surface area contributed by atoms with E-state index < -0.39 is 0 Å². The van der Waals surface area contributed by atoms with Crippen molar-refractivity contribution in [2.45, 2.75) is 31.5 Å². The first-order valence-electron chi connectivity index (χ1n) is 7.64. The number of benzene rings is 1. The second-order valence-corrected chi connectivity index (χ2v) is 5.71. The lowest BCUT2D eigenvalue weighted by atomic mass is 10.1. The second-order valence-electron chi connectivity index (χ2n) is 5.71. The fourth-order valence-electron chi connectivity index (χ4n) is 3.14. The van der Waals surface area contributed by atoms with E-state index in [2.05, 4.69) is 23.1 Å². The first-order valence-corrected chi connectivity index (χ1v) is 7.64. The van der Waals surface area contributed by atoms with Crippen molar-refractivity contribution < 1.29 is 9.47 Å². The van der Waals surface area contributed by atoms with Gasteiger partial charge in [0.05, 0.1) is 12.7 Å². The van der Waals surface area contributed by atoms with Crippen molar-refractivity contribution in [2.75, 3.05) is 32.8 Å². The van der Waals surface area contributed by atoms with Crippen LogP contribution in [-0.2, 0) is 11.2 Å². The highest BCUT2D eigenvalue weighted by molar-refractivity contribution is 5.37. The van der Waals surface area contributed by atoms with Gasteiger partial charge in [-0.25, -0.2) is 0 Å². The van der Waals surface area contributed by atoms with Gasteiger partial charge in [-0.15, -0.1) is 0 Å². The second kappa shape index (κ2) is 6.57. The molecule has 20 heavy (non-hydrogen) atoms. The van der Waals surface area contributed by atoms with Gasteiger partial charge in [-0.05, 0) is 24.5 Å². The molecule has 1 fully saturated rings. The smallest absolute Gasteiger partial charge is 0.123 e. The van der Waals surface area contributed by atoms with Gasteiger partial charge in [0.25, 0.3) is 0 Å². The van der Waals surface area contributed by atoms with E-state index in [0.717, 1.165) is 44.6 Å². The molecule has 4 nitrogen and oxygen atoms in total. The Morgan fingerprint density at radius 1 is 1.25 bits per heavy atom. The largest absolute Gasteiger partial charge is 0.488 e. The molecule has 0 spiro atoms. The third-order valence-corrected chi connectivity index (χ3v) is 4.18. The zero-order chi connectivity index (χ0) is 13.8. The summed E-state index contributed by atoms with van der Waals surface area (Å²) in [4.78, 5) is 2.50. The Labute approximate surface area is 120 Å². The van der Waals surface area contributed by atoms with E-state index >= 15 is 0 Å². The third-order valence-electron chi connectivity index (χ3n) is 4.18. The molecule has 1 aromatic carbocycles. The number of fused-ring (bicyclic) bond motifs is 1. The Kier molecular flexibility index (Phi) is 4.55. The van der Waals surface area contributed by atoms with Gasteiger partial charge >= 0.3 is 0 Å². The van der Waals surface area contributed by atoms with E-state index in [1.807, 2.05) is 6.07 Å². The van der Waals surface area contributed by atoms with Crippen molar-refractivity contribution in [1.82, 2.24) is 4.90 Å². The third kappa shape index (κ3) is 3.32. The molecule has 1 unspecified atom stereocenters. The maximum Gasteiger partial charge on any atom is 0.123 e. The zero-order valence-electron chi connectivity index (χ0n) is 12.0. The van der Waals surface area contributed by atoms with Gasteiger partial charge in [0, 0.05) is 32.6 Å². The van der Waals surface area contributed by atoms with Gasteiger partial charge < -0.3 is 15.2 Å². The van der Waals surface area contributed by atoms with E-state index in [0.29, 0.717) is 25.4 Å². The van der Waals surface area contributed by atoms with Crippen LogP contribution in [0.4, 0.5) is 0 Å². The molecule has 2 aliphatic heterocycles. The van der Waals surface area contributed by atoms with Gasteiger partial charge in [-0.1, -0.05) is 18.2 Å². The number of likely N-dealkylation sites (tertiary alicyclic amines) is 1. The minimum absolute atomic E-state index is 0.314. The average molecular weight is 276 g/mol. The fraction of sp³-hybridized carbons (Fsp3) is 0.625. The van der Waals surface area contributed by atoms with E-state index in [1.54, 1.807) is 0 Å². The number of hydrogen-bond donors (Lipinski definition) is 1. The fourth-order valence-corrected chi connectivity index (χ4v) is 3.14. The Bertz CT molecular complexity index is 405. The lowest BCUT2D eigenvalue weighted by molar-refractivity contribution is 0.00483. The Morgan fingerprint density at radius 3 is 2.80 bits per heavy atom. The topological polar surface area (TPSA) is 47.7 Å². The first-order chi connectivity index (χ1) is 9.85. The lowest BCUT2D eigenvalue weighted by Gasteiger charge is -2.33. The van der Waals surface area contributed by atoms with Gasteiger partial charge in [0.2, 0.25) is 0 Å². The zero-order valence-corrected chi connectivity index (χ0v) is 12.0. The Morgan fingerprint density at radius 2 is 2.05 bits per heavy atom. The standard InChI is InChI=1S/C16H24N2O2/c17-7-10-19-14-5-8-18(9-6-14)12-15-11-13-3-1-2-4-16(13)20-15/h1-4,14-15H,5-12,17H2. The monoisotopic (exact) mass is 276 g/mol. The molecule has 0 amide bonds. The van der Waals surface area contributed by atoms with Crippen LogP contribution in [0.2, 0.25) is 0 Å². The maximum absolute atomic E-state index is 6.01. The highest BCUT2D eigenvalue weighted by Gasteiger charge is 2.27. The molecule has 2 aliphatic rings. The molecule has 0 bridgehead atoms. The summed E-state index contributed by atoms with van der Waals surface area (Å²) in [7, 11) is 0. The van der Waals surface area contributed by atoms with Crippen molar-refractivity contribution in [3.63, 3.8) is 0 Å². The summed E-state index contributed by atoms with van der Waals surface area (Å²) >= 11 is 0. The molecule has 2 N–H and O–H groups in total. The number of ether oxygens (including phenoxy) is 2. The number of rotatable bonds is 5. The van der Waals surface area contributed by atoms with Crippen LogP contribution >= 0.6 is 0 Å². The van der Waals surface area contributed by atoms with E-state index in [1.165, 1.54) is 5.56 Å². The van der Waals surface area contributed by atoms with Crippen LogP contribution in [0.1, 0.15) is 18.4 Å². The molecular formula is C16H24N2O2. The molecule has 0 saturated carbocycles. The number of nitrogens with zero attached hydrogens (tertiary/aromatic N) is 1. The number of hydrogen-bond acceptors (Lipinski definition) is 4. The Balaban J connectivity index is 1.43. The number of nitrogens with two attached hydrogens (primary N) is 1. The molecule has 0 aliphatic carbocycles. The van der Waals surface area contributed by atoms with Gasteiger partial charge in [-0.3, -0.25) is 4.90 Å². The van der Waals surface area contributed by atoms with E-state index in [9.17, 15) is 0 Å². The predicted molar refractivity (Wildman–Crippen MR) is 79.0 cm³/mol. The van der Waals surface area contributed by atoms with Crippen LogP contribution in [0.5, 0.6) is 5.75 Å². The molecule has 110 valence electrons. The molecule has 2 heterocycles. The van der Waals surface area contributed by atoms with Gasteiger partial charge in [0.15, 0.2) is 0 Å². The highest BCUT2D eigenvalue weighted by Crippen LogP contribution is 2.28. The van der Waals surface area contributed by atoms with Crippen molar-refractivity contribution in [2.24, 2.45) is 5.73 Å². The van der Waals surface area contributed by atoms with Crippen LogP contribution in [-0.4, -0.2) is 49.9 Å². The number of para-hydroxylation sites is 1. The number of piperidine rings is 1. The maximum atomic E-state index is 6.01. The van der Waals surface area contributed by atoms with Crippen LogP contribution in [0.3, 0.4) is 0 Å². The van der Waals surface area contributed by atoms with Crippen LogP contribution < -0.4 is 10.5 Å². The molecule has 4 heteroatoms. The SMILES string of the molecule is NCCOC1CCN(CC2Cc3ccccc3O2)CC1. The summed E-state index contributed by atoms with van der Waals surface area (Å²) in [5, 5.41) is 0. The average Bonchev–Trinajstić information content (AvgIpc) is 2.89. The molecule has 1 atom stereocenters. The normalized spacial score (nSPS) is 23.6. The van der Waals surface area contributed by atoms with Crippen molar-refractivity contribution in [1.29, 1.82) is 0 Å². The van der Waals surface area contributed by atoms with Crippen molar-refractivity contribution in [3.05, 3.63) is 29.8 Å². The molecular weight excluding hydrogens is 252 g/mol. The molecule has 3 rings (SSSR count). The minimum atomic E-state index is 0.314. The minimum Gasteiger partial charge on any atom is -0.488 e. The molecule has 0 aromatic heterocycles. The molecule has 1 saturated heterocycles. The van der Waals surface area contributed by atoms with E-state index in [-0.39, 0.29) is 0 Å².